The minimum absolute atomic E-state index is 0.577. The number of rotatable bonds is 7. The van der Waals surface area contributed by atoms with Gasteiger partial charge in [0.15, 0.2) is 0 Å². The molecule has 6 nitrogen and oxygen atoms in total. The summed E-state index contributed by atoms with van der Waals surface area (Å²) < 4.78 is 7.41. The van der Waals surface area contributed by atoms with Crippen LogP contribution in [0.3, 0.4) is 0 Å². The molecular formula is C12H19N5O. The fourth-order valence-corrected chi connectivity index (χ4v) is 1.63. The quantitative estimate of drug-likeness (QED) is 0.751. The van der Waals surface area contributed by atoms with Gasteiger partial charge in [0.2, 0.25) is 11.8 Å². The Morgan fingerprint density at radius 3 is 2.83 bits per heavy atom. The van der Waals surface area contributed by atoms with Gasteiger partial charge >= 0.3 is 0 Å². The summed E-state index contributed by atoms with van der Waals surface area (Å²) in [6.45, 7) is 6.52. The van der Waals surface area contributed by atoms with E-state index in [0.717, 1.165) is 31.6 Å². The molecule has 0 saturated heterocycles. The molecule has 0 aliphatic heterocycles. The van der Waals surface area contributed by atoms with Crippen molar-refractivity contribution in [2.45, 2.75) is 39.8 Å². The second-order valence-corrected chi connectivity index (χ2v) is 4.16. The SMILES string of the molecule is CCCNCc1cn(Cc2nnc(CC)o2)cn1. The summed E-state index contributed by atoms with van der Waals surface area (Å²) in [6, 6.07) is 0. The summed E-state index contributed by atoms with van der Waals surface area (Å²) in [4.78, 5) is 4.32. The Labute approximate surface area is 106 Å². The summed E-state index contributed by atoms with van der Waals surface area (Å²) in [5.41, 5.74) is 1.03. The lowest BCUT2D eigenvalue weighted by molar-refractivity contribution is 0.442. The molecule has 1 N–H and O–H groups in total. The van der Waals surface area contributed by atoms with Crippen LogP contribution in [0.2, 0.25) is 0 Å². The van der Waals surface area contributed by atoms with Crippen LogP contribution in [-0.2, 0) is 19.5 Å². The van der Waals surface area contributed by atoms with Gasteiger partial charge in [0.25, 0.3) is 0 Å². The van der Waals surface area contributed by atoms with E-state index in [2.05, 4.69) is 27.4 Å². The van der Waals surface area contributed by atoms with Crippen LogP contribution in [0.5, 0.6) is 0 Å². The number of aryl methyl sites for hydroxylation is 1. The van der Waals surface area contributed by atoms with Crippen molar-refractivity contribution in [2.75, 3.05) is 6.54 Å². The predicted octanol–water partition coefficient (Wildman–Crippen LogP) is 1.38. The van der Waals surface area contributed by atoms with Crippen LogP contribution in [-0.4, -0.2) is 26.3 Å². The van der Waals surface area contributed by atoms with Crippen molar-refractivity contribution in [1.29, 1.82) is 0 Å². The maximum atomic E-state index is 5.46. The van der Waals surface area contributed by atoms with E-state index in [1.54, 1.807) is 6.33 Å². The molecule has 2 rings (SSSR count). The molecule has 2 heterocycles. The van der Waals surface area contributed by atoms with Gasteiger partial charge in [-0.1, -0.05) is 13.8 Å². The van der Waals surface area contributed by atoms with E-state index in [0.29, 0.717) is 18.3 Å². The summed E-state index contributed by atoms with van der Waals surface area (Å²) in [6.07, 6.45) is 5.68. The highest BCUT2D eigenvalue weighted by molar-refractivity contribution is 4.97. The summed E-state index contributed by atoms with van der Waals surface area (Å²) in [5.74, 6) is 1.30. The van der Waals surface area contributed by atoms with E-state index in [9.17, 15) is 0 Å². The lowest BCUT2D eigenvalue weighted by Gasteiger charge is -1.98. The van der Waals surface area contributed by atoms with E-state index in [1.807, 2.05) is 17.7 Å². The number of nitrogens with one attached hydrogen (secondary N) is 1. The first-order valence-electron chi connectivity index (χ1n) is 6.34. The third-order valence-electron chi connectivity index (χ3n) is 2.55. The second kappa shape index (κ2) is 6.30. The van der Waals surface area contributed by atoms with Gasteiger partial charge in [-0.25, -0.2) is 4.98 Å². The Bertz CT molecular complexity index is 476. The van der Waals surface area contributed by atoms with Gasteiger partial charge in [-0.15, -0.1) is 10.2 Å². The van der Waals surface area contributed by atoms with Crippen LogP contribution in [0.25, 0.3) is 0 Å². The molecule has 0 aliphatic carbocycles. The van der Waals surface area contributed by atoms with Crippen molar-refractivity contribution < 1.29 is 4.42 Å². The highest BCUT2D eigenvalue weighted by Crippen LogP contribution is 2.04. The third kappa shape index (κ3) is 3.40. The van der Waals surface area contributed by atoms with Crippen molar-refractivity contribution >= 4 is 0 Å². The molecular weight excluding hydrogens is 230 g/mol. The summed E-state index contributed by atoms with van der Waals surface area (Å²) in [5, 5.41) is 11.2. The molecule has 2 aromatic heterocycles. The molecule has 18 heavy (non-hydrogen) atoms. The van der Waals surface area contributed by atoms with Crippen molar-refractivity contribution in [3.05, 3.63) is 30.0 Å². The molecule has 0 saturated carbocycles. The van der Waals surface area contributed by atoms with E-state index in [4.69, 9.17) is 4.42 Å². The average Bonchev–Trinajstić information content (AvgIpc) is 3.00. The van der Waals surface area contributed by atoms with Gasteiger partial charge in [-0.05, 0) is 13.0 Å². The molecule has 0 aromatic carbocycles. The lowest BCUT2D eigenvalue weighted by Crippen LogP contribution is -2.13. The minimum Gasteiger partial charge on any atom is -0.423 e. The Hall–Kier alpha value is -1.69. The maximum Gasteiger partial charge on any atom is 0.236 e. The molecule has 0 aliphatic rings. The van der Waals surface area contributed by atoms with Crippen LogP contribution < -0.4 is 5.32 Å². The number of imidazole rings is 1. The van der Waals surface area contributed by atoms with Crippen LogP contribution in [0.4, 0.5) is 0 Å². The first kappa shape index (κ1) is 12.8. The van der Waals surface area contributed by atoms with E-state index in [-0.39, 0.29) is 0 Å². The molecule has 0 spiro atoms. The fourth-order valence-electron chi connectivity index (χ4n) is 1.63. The topological polar surface area (TPSA) is 68.8 Å². The van der Waals surface area contributed by atoms with Crippen molar-refractivity contribution in [2.24, 2.45) is 0 Å². The Balaban J connectivity index is 1.89. The number of nitrogens with zero attached hydrogens (tertiary/aromatic N) is 4. The highest BCUT2D eigenvalue weighted by atomic mass is 16.4. The Morgan fingerprint density at radius 2 is 2.11 bits per heavy atom. The van der Waals surface area contributed by atoms with Crippen LogP contribution in [0.1, 0.15) is 37.7 Å². The molecule has 0 radical (unpaired) electrons. The lowest BCUT2D eigenvalue weighted by atomic mass is 10.4. The second-order valence-electron chi connectivity index (χ2n) is 4.16. The molecule has 0 unspecified atom stereocenters. The normalized spacial score (nSPS) is 11.0. The predicted molar refractivity (Wildman–Crippen MR) is 67.0 cm³/mol. The molecule has 0 atom stereocenters. The number of aromatic nitrogens is 4. The average molecular weight is 249 g/mol. The van der Waals surface area contributed by atoms with Crippen LogP contribution >= 0.6 is 0 Å². The molecule has 0 amide bonds. The monoisotopic (exact) mass is 249 g/mol. The van der Waals surface area contributed by atoms with E-state index in [1.165, 1.54) is 0 Å². The zero-order valence-corrected chi connectivity index (χ0v) is 10.9. The maximum absolute atomic E-state index is 5.46. The minimum atomic E-state index is 0.577. The van der Waals surface area contributed by atoms with Gasteiger partial charge in [0, 0.05) is 19.2 Å². The first-order chi connectivity index (χ1) is 8.81. The van der Waals surface area contributed by atoms with E-state index < -0.39 is 0 Å². The zero-order valence-electron chi connectivity index (χ0n) is 10.9. The van der Waals surface area contributed by atoms with Gasteiger partial charge in [-0.3, -0.25) is 0 Å². The van der Waals surface area contributed by atoms with Crippen molar-refractivity contribution in [1.82, 2.24) is 25.1 Å². The number of hydrogen-bond donors (Lipinski definition) is 1. The standard InChI is InChI=1S/C12H19N5O/c1-3-5-13-6-10-7-17(9-14-10)8-12-16-15-11(4-2)18-12/h7,9,13H,3-6,8H2,1-2H3. The van der Waals surface area contributed by atoms with E-state index >= 15 is 0 Å². The van der Waals surface area contributed by atoms with Crippen LogP contribution in [0.15, 0.2) is 16.9 Å². The molecule has 0 fully saturated rings. The number of hydrogen-bond acceptors (Lipinski definition) is 5. The summed E-state index contributed by atoms with van der Waals surface area (Å²) in [7, 11) is 0. The highest BCUT2D eigenvalue weighted by Gasteiger charge is 2.05. The van der Waals surface area contributed by atoms with Gasteiger partial charge in [0.1, 0.15) is 6.54 Å². The van der Waals surface area contributed by atoms with Gasteiger partial charge < -0.3 is 14.3 Å². The molecule has 98 valence electrons. The van der Waals surface area contributed by atoms with Crippen molar-refractivity contribution in [3.63, 3.8) is 0 Å². The summed E-state index contributed by atoms with van der Waals surface area (Å²) >= 11 is 0. The van der Waals surface area contributed by atoms with Crippen LogP contribution in [0, 0.1) is 0 Å². The van der Waals surface area contributed by atoms with Gasteiger partial charge in [0.05, 0.1) is 12.0 Å². The molecule has 6 heteroatoms. The smallest absolute Gasteiger partial charge is 0.236 e. The first-order valence-corrected chi connectivity index (χ1v) is 6.34. The van der Waals surface area contributed by atoms with Crippen molar-refractivity contribution in [3.8, 4) is 0 Å². The molecule has 0 bridgehead atoms. The fraction of sp³-hybridized carbons (Fsp3) is 0.583. The Morgan fingerprint density at radius 1 is 1.28 bits per heavy atom. The third-order valence-corrected chi connectivity index (χ3v) is 2.55. The largest absolute Gasteiger partial charge is 0.423 e. The van der Waals surface area contributed by atoms with Gasteiger partial charge in [-0.2, -0.15) is 0 Å². The zero-order chi connectivity index (χ0) is 12.8. The molecule has 2 aromatic rings. The Kier molecular flexibility index (Phi) is 4.46.